The molecule has 1 saturated carbocycles. The van der Waals surface area contributed by atoms with Gasteiger partial charge in [0.25, 0.3) is 0 Å². The van der Waals surface area contributed by atoms with E-state index < -0.39 is 13.5 Å². The summed E-state index contributed by atoms with van der Waals surface area (Å²) in [6.45, 7) is 8.68. The molecular weight excluding hydrogens is 240 g/mol. The van der Waals surface area contributed by atoms with Gasteiger partial charge in [-0.15, -0.1) is 0 Å². The molecule has 1 aliphatic carbocycles. The minimum atomic E-state index is -0.909. The van der Waals surface area contributed by atoms with Crippen molar-refractivity contribution in [3.63, 3.8) is 0 Å². The molecule has 14 heavy (non-hydrogen) atoms. The Balaban J connectivity index is 2.18. The second-order valence-corrected chi connectivity index (χ2v) is 31.0. The minimum Gasteiger partial charge on any atom is -0.171 e. The third-order valence-electron chi connectivity index (χ3n) is 3.95. The van der Waals surface area contributed by atoms with E-state index >= 15 is 0 Å². The first kappa shape index (κ1) is 11.6. The van der Waals surface area contributed by atoms with Gasteiger partial charge in [-0.05, 0) is 12.8 Å². The van der Waals surface area contributed by atoms with Crippen LogP contribution in [0.1, 0.15) is 32.1 Å². The van der Waals surface area contributed by atoms with Crippen LogP contribution in [0.25, 0.3) is 0 Å². The molecule has 1 saturated heterocycles. The van der Waals surface area contributed by atoms with E-state index in [1.165, 1.54) is 32.1 Å². The lowest BCUT2D eigenvalue weighted by atomic mass is 10.00. The molecule has 1 heterocycles. The molecule has 2 fully saturated rings. The maximum atomic E-state index is 2.63. The molecule has 0 N–H and O–H groups in total. The highest BCUT2D eigenvalue weighted by Gasteiger charge is 2.58. The molecule has 0 radical (unpaired) electrons. The predicted octanol–water partition coefficient (Wildman–Crippen LogP) is 4.62. The summed E-state index contributed by atoms with van der Waals surface area (Å²) in [7, 11) is 0. The number of hydrogen-bond donors (Lipinski definition) is 0. The van der Waals surface area contributed by atoms with Gasteiger partial charge in [0.15, 0.2) is 0 Å². The fraction of sp³-hybridized carbons (Fsp3) is 1.00. The van der Waals surface area contributed by atoms with Crippen molar-refractivity contribution < 1.29 is 0 Å². The second-order valence-electron chi connectivity index (χ2n) is 5.70. The Morgan fingerprint density at radius 3 is 1.64 bits per heavy atom. The smallest absolute Gasteiger partial charge is 0.117 e. The van der Waals surface area contributed by atoms with Crippen molar-refractivity contribution >= 4 is 35.9 Å². The Kier molecular flexibility index (Phi) is 2.96. The van der Waals surface area contributed by atoms with Crippen molar-refractivity contribution in [2.24, 2.45) is 0 Å². The Hall–Kier alpha value is 1.13. The molecule has 0 aromatic carbocycles. The van der Waals surface area contributed by atoms with Crippen molar-refractivity contribution in [3.05, 3.63) is 0 Å². The van der Waals surface area contributed by atoms with Gasteiger partial charge < -0.3 is 0 Å². The monoisotopic (exact) mass is 262 g/mol. The van der Waals surface area contributed by atoms with Crippen LogP contribution in [0.3, 0.4) is 0 Å². The van der Waals surface area contributed by atoms with E-state index in [1.807, 2.05) is 0 Å². The van der Waals surface area contributed by atoms with E-state index in [9.17, 15) is 0 Å². The van der Waals surface area contributed by atoms with Gasteiger partial charge in [0.1, 0.15) is 13.5 Å². The molecule has 2 aliphatic rings. The van der Waals surface area contributed by atoms with Crippen LogP contribution in [-0.2, 0) is 0 Å². The summed E-state index contributed by atoms with van der Waals surface area (Å²) in [5.74, 6) is 0. The summed E-state index contributed by atoms with van der Waals surface area (Å²) >= 11 is 4.92. The van der Waals surface area contributed by atoms with Crippen molar-refractivity contribution in [2.75, 3.05) is 0 Å². The second kappa shape index (κ2) is 3.57. The van der Waals surface area contributed by atoms with E-state index in [1.54, 1.807) is 0 Å². The molecular formula is C10H22S2Si2. The first-order chi connectivity index (χ1) is 6.37. The van der Waals surface area contributed by atoms with E-state index in [-0.39, 0.29) is 0 Å². The van der Waals surface area contributed by atoms with Crippen LogP contribution >= 0.6 is 22.4 Å². The summed E-state index contributed by atoms with van der Waals surface area (Å²) in [5.41, 5.74) is 0. The van der Waals surface area contributed by atoms with Crippen molar-refractivity contribution in [1.29, 1.82) is 0 Å². The van der Waals surface area contributed by atoms with Gasteiger partial charge in [-0.2, -0.15) is 22.4 Å². The Labute approximate surface area is 98.1 Å². The van der Waals surface area contributed by atoms with Crippen molar-refractivity contribution in [1.82, 2.24) is 0 Å². The molecule has 0 bridgehead atoms. The van der Waals surface area contributed by atoms with Crippen LogP contribution in [0.4, 0.5) is 0 Å². The van der Waals surface area contributed by atoms with Crippen LogP contribution in [0.2, 0.25) is 26.2 Å². The zero-order chi connectivity index (χ0) is 10.4. The summed E-state index contributed by atoms with van der Waals surface area (Å²) < 4.78 is 0.698. The van der Waals surface area contributed by atoms with Crippen LogP contribution in [0, 0.1) is 0 Å². The highest BCUT2D eigenvalue weighted by Crippen LogP contribution is 2.63. The molecule has 0 nitrogen and oxygen atoms in total. The highest BCUT2D eigenvalue weighted by molar-refractivity contribution is 8.61. The largest absolute Gasteiger partial charge is 0.171 e. The highest BCUT2D eigenvalue weighted by atomic mass is 32.5. The molecule has 1 spiro atoms. The van der Waals surface area contributed by atoms with Crippen molar-refractivity contribution in [3.8, 4) is 0 Å². The van der Waals surface area contributed by atoms with Crippen LogP contribution in [-0.4, -0.2) is 17.6 Å². The van der Waals surface area contributed by atoms with E-state index in [0.717, 1.165) is 0 Å². The Morgan fingerprint density at radius 1 is 0.786 bits per heavy atom. The summed E-state index contributed by atoms with van der Waals surface area (Å²) in [6, 6.07) is 0. The third kappa shape index (κ3) is 1.87. The lowest BCUT2D eigenvalue weighted by Gasteiger charge is -2.33. The maximum absolute atomic E-state index is 2.63. The molecule has 1 aliphatic heterocycles. The van der Waals surface area contributed by atoms with Crippen LogP contribution in [0.5, 0.6) is 0 Å². The zero-order valence-electron chi connectivity index (χ0n) is 9.85. The maximum Gasteiger partial charge on any atom is 0.117 e. The first-order valence-corrected chi connectivity index (χ1v) is 15.9. The summed E-state index contributed by atoms with van der Waals surface area (Å²) in [5, 5.41) is 0. The Morgan fingerprint density at radius 2 is 1.21 bits per heavy atom. The molecule has 0 aromatic rings. The lowest BCUT2D eigenvalue weighted by molar-refractivity contribution is 0.494. The normalized spacial score (nSPS) is 33.4. The topological polar surface area (TPSA) is 0 Å². The molecule has 4 heteroatoms. The number of hydrogen-bond acceptors (Lipinski definition) is 2. The van der Waals surface area contributed by atoms with Crippen molar-refractivity contribution in [2.45, 2.75) is 62.4 Å². The average molecular weight is 263 g/mol. The third-order valence-corrected chi connectivity index (χ3v) is 37.1. The van der Waals surface area contributed by atoms with Gasteiger partial charge in [0.05, 0.1) is 0 Å². The molecule has 0 atom stereocenters. The molecule has 0 aromatic heterocycles. The van der Waals surface area contributed by atoms with Gasteiger partial charge in [0, 0.05) is 4.08 Å². The Bertz CT molecular complexity index is 214. The van der Waals surface area contributed by atoms with Gasteiger partial charge in [0.2, 0.25) is 0 Å². The fourth-order valence-electron chi connectivity index (χ4n) is 2.49. The first-order valence-electron chi connectivity index (χ1n) is 5.77. The van der Waals surface area contributed by atoms with E-state index in [4.69, 9.17) is 0 Å². The van der Waals surface area contributed by atoms with Crippen LogP contribution in [0.15, 0.2) is 0 Å². The number of rotatable bonds is 0. The van der Waals surface area contributed by atoms with Gasteiger partial charge >= 0.3 is 0 Å². The molecule has 82 valence electrons. The molecule has 2 rings (SSSR count). The van der Waals surface area contributed by atoms with Gasteiger partial charge in [-0.25, -0.2) is 0 Å². The average Bonchev–Trinajstić information content (AvgIpc) is 2.18. The predicted molar refractivity (Wildman–Crippen MR) is 76.0 cm³/mol. The summed E-state index contributed by atoms with van der Waals surface area (Å²) in [6.07, 6.45) is 7.50. The lowest BCUT2D eigenvalue weighted by Crippen LogP contribution is -2.45. The van der Waals surface area contributed by atoms with Crippen LogP contribution < -0.4 is 0 Å². The molecule has 0 unspecified atom stereocenters. The SMILES string of the molecule is C[Si]1(C)SC2(CCCCC2)S[Si]1(C)C. The minimum absolute atomic E-state index is 0.698. The zero-order valence-corrected chi connectivity index (χ0v) is 13.5. The summed E-state index contributed by atoms with van der Waals surface area (Å²) in [4.78, 5) is 0. The van der Waals surface area contributed by atoms with E-state index in [2.05, 4.69) is 48.6 Å². The van der Waals surface area contributed by atoms with Gasteiger partial charge in [-0.1, -0.05) is 45.5 Å². The fourth-order valence-corrected chi connectivity index (χ4v) is 31.0. The standard InChI is InChI=1S/C10H22S2Si2/c1-13(2)11-10(12-14(13,3)4)8-6-5-7-9-10/h5-9H2,1-4H3. The van der Waals surface area contributed by atoms with Gasteiger partial charge in [-0.3, -0.25) is 0 Å². The quantitative estimate of drug-likeness (QED) is 0.585. The molecule has 0 amide bonds. The van der Waals surface area contributed by atoms with E-state index in [0.29, 0.717) is 4.08 Å².